The van der Waals surface area contributed by atoms with Crippen LogP contribution in [-0.4, -0.2) is 17.4 Å². The van der Waals surface area contributed by atoms with E-state index < -0.39 is 0 Å². The molecule has 0 N–H and O–H groups in total. The summed E-state index contributed by atoms with van der Waals surface area (Å²) in [7, 11) is 0. The van der Waals surface area contributed by atoms with E-state index in [2.05, 4.69) is 0 Å². The zero-order chi connectivity index (χ0) is 9.97. The van der Waals surface area contributed by atoms with Gasteiger partial charge in [0.2, 0.25) is 5.91 Å². The van der Waals surface area contributed by atoms with E-state index in [1.54, 1.807) is 0 Å². The van der Waals surface area contributed by atoms with Crippen LogP contribution in [0, 0.1) is 0 Å². The number of hydrogen-bond donors (Lipinski definition) is 0. The van der Waals surface area contributed by atoms with Crippen LogP contribution in [0.3, 0.4) is 0 Å². The Balaban J connectivity index is 2.04. The monoisotopic (exact) mass is 187 g/mol. The first-order valence-corrected chi connectivity index (χ1v) is 4.77. The molecule has 1 aliphatic rings. The third kappa shape index (κ3) is 1.69. The summed E-state index contributed by atoms with van der Waals surface area (Å²) >= 11 is 0. The van der Waals surface area contributed by atoms with E-state index in [4.69, 9.17) is 0 Å². The summed E-state index contributed by atoms with van der Waals surface area (Å²) in [6, 6.07) is 10.1. The molecule has 2 nitrogen and oxygen atoms in total. The fourth-order valence-corrected chi connectivity index (χ4v) is 1.61. The molecular weight excluding hydrogens is 174 g/mol. The Hall–Kier alpha value is -1.57. The summed E-state index contributed by atoms with van der Waals surface area (Å²) in [4.78, 5) is 13.4. The summed E-state index contributed by atoms with van der Waals surface area (Å²) in [5, 5.41) is 0. The third-order valence-corrected chi connectivity index (χ3v) is 2.46. The second-order valence-electron chi connectivity index (χ2n) is 3.56. The Morgan fingerprint density at radius 1 is 1.29 bits per heavy atom. The van der Waals surface area contributed by atoms with Gasteiger partial charge in [-0.25, -0.2) is 0 Å². The lowest BCUT2D eigenvalue weighted by Crippen LogP contribution is -2.25. The molecule has 2 rings (SSSR count). The number of benzene rings is 1. The van der Waals surface area contributed by atoms with E-state index in [9.17, 15) is 4.79 Å². The van der Waals surface area contributed by atoms with Gasteiger partial charge in [-0.2, -0.15) is 0 Å². The van der Waals surface area contributed by atoms with E-state index in [1.165, 1.54) is 5.56 Å². The molecular formula is C12H13NO. The summed E-state index contributed by atoms with van der Waals surface area (Å²) in [6.07, 6.45) is 1.98. The van der Waals surface area contributed by atoms with Gasteiger partial charge in [0.15, 0.2) is 0 Å². The predicted octanol–water partition coefficient (Wildman–Crippen LogP) is 1.98. The van der Waals surface area contributed by atoms with Crippen LogP contribution < -0.4 is 0 Å². The maximum absolute atomic E-state index is 11.6. The topological polar surface area (TPSA) is 20.3 Å². The van der Waals surface area contributed by atoms with Gasteiger partial charge in [-0.1, -0.05) is 36.4 Å². The Bertz CT molecular complexity index is 367. The molecule has 0 aromatic heterocycles. The van der Waals surface area contributed by atoms with Gasteiger partial charge in [0.05, 0.1) is 0 Å². The Morgan fingerprint density at radius 3 is 2.57 bits per heavy atom. The van der Waals surface area contributed by atoms with Crippen LogP contribution >= 0.6 is 0 Å². The van der Waals surface area contributed by atoms with E-state index in [0.29, 0.717) is 6.54 Å². The minimum absolute atomic E-state index is 0.161. The molecule has 0 aliphatic carbocycles. The van der Waals surface area contributed by atoms with Crippen LogP contribution in [0.1, 0.15) is 12.5 Å². The molecule has 0 saturated carbocycles. The molecule has 14 heavy (non-hydrogen) atoms. The molecule has 1 heterocycles. The highest BCUT2D eigenvalue weighted by molar-refractivity contribution is 5.95. The molecule has 72 valence electrons. The maximum Gasteiger partial charge on any atom is 0.249 e. The van der Waals surface area contributed by atoms with Crippen LogP contribution in [0.5, 0.6) is 0 Å². The van der Waals surface area contributed by atoms with Gasteiger partial charge >= 0.3 is 0 Å². The van der Waals surface area contributed by atoms with Gasteiger partial charge in [-0.3, -0.25) is 4.79 Å². The first-order valence-electron chi connectivity index (χ1n) is 4.77. The summed E-state index contributed by atoms with van der Waals surface area (Å²) in [6.45, 7) is 3.33. The standard InChI is InChI=1S/C12H13NO/c1-10-7-8-13(12(10)14)9-11-5-3-2-4-6-11/h2-7H,8-9H2,1H3. The van der Waals surface area contributed by atoms with Crippen molar-refractivity contribution in [3.8, 4) is 0 Å². The smallest absolute Gasteiger partial charge is 0.249 e. The molecule has 1 aromatic rings. The third-order valence-electron chi connectivity index (χ3n) is 2.46. The van der Waals surface area contributed by atoms with E-state index in [0.717, 1.165) is 12.1 Å². The van der Waals surface area contributed by atoms with Gasteiger partial charge < -0.3 is 4.90 Å². The molecule has 0 bridgehead atoms. The van der Waals surface area contributed by atoms with Gasteiger partial charge in [-0.15, -0.1) is 0 Å². The largest absolute Gasteiger partial charge is 0.331 e. The minimum Gasteiger partial charge on any atom is -0.331 e. The van der Waals surface area contributed by atoms with Crippen LogP contribution in [-0.2, 0) is 11.3 Å². The highest BCUT2D eigenvalue weighted by Crippen LogP contribution is 2.13. The highest BCUT2D eigenvalue weighted by Gasteiger charge is 2.19. The normalized spacial score (nSPS) is 15.9. The van der Waals surface area contributed by atoms with E-state index in [-0.39, 0.29) is 5.91 Å². The quantitative estimate of drug-likeness (QED) is 0.693. The molecule has 1 amide bonds. The average Bonchev–Trinajstić information content (AvgIpc) is 2.52. The van der Waals surface area contributed by atoms with Gasteiger partial charge in [0.25, 0.3) is 0 Å². The van der Waals surface area contributed by atoms with Gasteiger partial charge in [-0.05, 0) is 12.5 Å². The van der Waals surface area contributed by atoms with Crippen LogP contribution in [0.15, 0.2) is 42.0 Å². The zero-order valence-electron chi connectivity index (χ0n) is 8.23. The molecule has 0 spiro atoms. The number of carbonyl (C=O) groups excluding carboxylic acids is 1. The molecule has 0 saturated heterocycles. The fourth-order valence-electron chi connectivity index (χ4n) is 1.61. The van der Waals surface area contributed by atoms with Crippen LogP contribution in [0.25, 0.3) is 0 Å². The SMILES string of the molecule is CC1=CCN(Cc2ccccc2)C1=O. The summed E-state index contributed by atoms with van der Waals surface area (Å²) in [5.74, 6) is 0.161. The van der Waals surface area contributed by atoms with Crippen molar-refractivity contribution in [2.45, 2.75) is 13.5 Å². The fraction of sp³-hybridized carbons (Fsp3) is 0.250. The van der Waals surface area contributed by atoms with Crippen molar-refractivity contribution in [3.05, 3.63) is 47.5 Å². The number of nitrogens with zero attached hydrogens (tertiary/aromatic N) is 1. The summed E-state index contributed by atoms with van der Waals surface area (Å²) in [5.41, 5.74) is 2.05. The molecule has 0 fully saturated rings. The van der Waals surface area contributed by atoms with Gasteiger partial charge in [0.1, 0.15) is 0 Å². The lowest BCUT2D eigenvalue weighted by atomic mass is 10.2. The average molecular weight is 187 g/mol. The van der Waals surface area contributed by atoms with Crippen molar-refractivity contribution in [1.82, 2.24) is 4.90 Å². The first kappa shape index (κ1) is 9.00. The molecule has 1 aromatic carbocycles. The molecule has 1 aliphatic heterocycles. The Morgan fingerprint density at radius 2 is 2.00 bits per heavy atom. The Kier molecular flexibility index (Phi) is 2.35. The van der Waals surface area contributed by atoms with Crippen LogP contribution in [0.4, 0.5) is 0 Å². The van der Waals surface area contributed by atoms with Gasteiger partial charge in [0, 0.05) is 18.7 Å². The number of rotatable bonds is 2. The van der Waals surface area contributed by atoms with Crippen molar-refractivity contribution in [1.29, 1.82) is 0 Å². The van der Waals surface area contributed by atoms with Crippen LogP contribution in [0.2, 0.25) is 0 Å². The van der Waals surface area contributed by atoms with Crippen molar-refractivity contribution < 1.29 is 4.79 Å². The highest BCUT2D eigenvalue weighted by atomic mass is 16.2. The van der Waals surface area contributed by atoms with Crippen molar-refractivity contribution >= 4 is 5.91 Å². The van der Waals surface area contributed by atoms with Crippen molar-refractivity contribution in [2.75, 3.05) is 6.54 Å². The second-order valence-corrected chi connectivity index (χ2v) is 3.56. The molecule has 0 radical (unpaired) electrons. The van der Waals surface area contributed by atoms with E-state index >= 15 is 0 Å². The second kappa shape index (κ2) is 3.66. The molecule has 0 unspecified atom stereocenters. The number of carbonyl (C=O) groups is 1. The number of amides is 1. The first-order chi connectivity index (χ1) is 6.77. The van der Waals surface area contributed by atoms with E-state index in [1.807, 2.05) is 48.2 Å². The molecule has 0 atom stereocenters. The minimum atomic E-state index is 0.161. The number of hydrogen-bond acceptors (Lipinski definition) is 1. The van der Waals surface area contributed by atoms with Crippen molar-refractivity contribution in [2.24, 2.45) is 0 Å². The lowest BCUT2D eigenvalue weighted by Gasteiger charge is -2.15. The predicted molar refractivity (Wildman–Crippen MR) is 55.6 cm³/mol. The lowest BCUT2D eigenvalue weighted by molar-refractivity contribution is -0.125. The zero-order valence-corrected chi connectivity index (χ0v) is 8.23. The Labute approximate surface area is 83.8 Å². The van der Waals surface area contributed by atoms with Crippen molar-refractivity contribution in [3.63, 3.8) is 0 Å². The maximum atomic E-state index is 11.6. The summed E-state index contributed by atoms with van der Waals surface area (Å²) < 4.78 is 0. The molecule has 2 heteroatoms.